The molecule has 7 heteroatoms. The molecule has 5 nitrogen and oxygen atoms in total. The minimum absolute atomic E-state index is 0.00446. The molecule has 0 aromatic heterocycles. The second kappa shape index (κ2) is 12.0. The van der Waals surface area contributed by atoms with Gasteiger partial charge in [-0.15, -0.1) is 0 Å². The monoisotopic (exact) mass is 526 g/mol. The Bertz CT molecular complexity index is 1180. The molecule has 4 rings (SSSR count). The van der Waals surface area contributed by atoms with Crippen LogP contribution in [0.5, 0.6) is 11.5 Å². The molecule has 0 radical (unpaired) electrons. The number of carbonyl (C=O) groups is 1. The summed E-state index contributed by atoms with van der Waals surface area (Å²) >= 11 is 12.5. The van der Waals surface area contributed by atoms with Crippen molar-refractivity contribution >= 4 is 29.1 Å². The second-order valence-electron chi connectivity index (χ2n) is 9.57. The number of amides is 1. The first-order chi connectivity index (χ1) is 17.3. The molecule has 1 heterocycles. The molecule has 0 spiro atoms. The van der Waals surface area contributed by atoms with E-state index in [-0.39, 0.29) is 29.2 Å². The lowest BCUT2D eigenvalue weighted by Crippen LogP contribution is -2.36. The van der Waals surface area contributed by atoms with Crippen molar-refractivity contribution in [2.75, 3.05) is 33.2 Å². The van der Waals surface area contributed by atoms with Crippen LogP contribution in [-0.4, -0.2) is 59.1 Å². The summed E-state index contributed by atoms with van der Waals surface area (Å²) in [5, 5.41) is 20.9. The summed E-state index contributed by atoms with van der Waals surface area (Å²) in [5.41, 5.74) is 2.65. The summed E-state index contributed by atoms with van der Waals surface area (Å²) in [5.74, 6) is 0.630. The third kappa shape index (κ3) is 6.52. The lowest BCUT2D eigenvalue weighted by atomic mass is 9.88. The normalized spacial score (nSPS) is 15.5. The SMILES string of the molecule is CN(CC(CCN1CCC(c2ccc(O)cc2O)CC1)c1ccc(Cl)c(Cl)c1)C(=O)c1ccccc1. The van der Waals surface area contributed by atoms with Gasteiger partial charge >= 0.3 is 0 Å². The van der Waals surface area contributed by atoms with Gasteiger partial charge in [-0.2, -0.15) is 0 Å². The number of phenols is 2. The van der Waals surface area contributed by atoms with E-state index in [0.717, 1.165) is 50.0 Å². The van der Waals surface area contributed by atoms with Crippen LogP contribution >= 0.6 is 23.2 Å². The van der Waals surface area contributed by atoms with Crippen molar-refractivity contribution in [2.45, 2.75) is 31.1 Å². The molecule has 1 saturated heterocycles. The second-order valence-corrected chi connectivity index (χ2v) is 10.4. The van der Waals surface area contributed by atoms with Gasteiger partial charge in [-0.05, 0) is 86.3 Å². The molecule has 3 aromatic rings. The predicted octanol–water partition coefficient (Wildman–Crippen LogP) is 6.53. The van der Waals surface area contributed by atoms with Crippen LogP contribution in [-0.2, 0) is 0 Å². The Morgan fingerprint density at radius 2 is 1.72 bits per heavy atom. The molecular formula is C29H32Cl2N2O3. The number of rotatable bonds is 8. The summed E-state index contributed by atoms with van der Waals surface area (Å²) in [4.78, 5) is 17.2. The molecule has 2 N–H and O–H groups in total. The number of likely N-dealkylation sites (N-methyl/N-ethyl adjacent to an activating group) is 1. The summed E-state index contributed by atoms with van der Waals surface area (Å²) in [6.45, 7) is 3.33. The highest BCUT2D eigenvalue weighted by Crippen LogP contribution is 2.36. The molecule has 0 bridgehead atoms. The van der Waals surface area contributed by atoms with E-state index in [1.54, 1.807) is 11.0 Å². The minimum atomic E-state index is -0.00446. The topological polar surface area (TPSA) is 64.0 Å². The van der Waals surface area contributed by atoms with Crippen LogP contribution in [0, 0.1) is 0 Å². The van der Waals surface area contributed by atoms with E-state index in [1.165, 1.54) is 6.07 Å². The molecular weight excluding hydrogens is 495 g/mol. The average Bonchev–Trinajstić information content (AvgIpc) is 2.88. The van der Waals surface area contributed by atoms with E-state index in [1.807, 2.05) is 61.6 Å². The first-order valence-electron chi connectivity index (χ1n) is 12.3. The van der Waals surface area contributed by atoms with Gasteiger partial charge in [0.15, 0.2) is 0 Å². The molecule has 1 aliphatic heterocycles. The maximum atomic E-state index is 13.0. The number of likely N-dealkylation sites (tertiary alicyclic amines) is 1. The molecule has 3 aromatic carbocycles. The molecule has 1 amide bonds. The number of piperidine rings is 1. The van der Waals surface area contributed by atoms with Crippen LogP contribution in [0.2, 0.25) is 10.0 Å². The minimum Gasteiger partial charge on any atom is -0.508 e. The van der Waals surface area contributed by atoms with Crippen LogP contribution in [0.3, 0.4) is 0 Å². The fourth-order valence-corrected chi connectivity index (χ4v) is 5.33. The quantitative estimate of drug-likeness (QED) is 0.350. The van der Waals surface area contributed by atoms with Gasteiger partial charge in [0, 0.05) is 31.1 Å². The largest absolute Gasteiger partial charge is 0.508 e. The summed E-state index contributed by atoms with van der Waals surface area (Å²) in [7, 11) is 1.84. The zero-order valence-corrected chi connectivity index (χ0v) is 21.9. The number of hydrogen-bond acceptors (Lipinski definition) is 4. The highest BCUT2D eigenvalue weighted by atomic mass is 35.5. The van der Waals surface area contributed by atoms with Crippen LogP contribution in [0.15, 0.2) is 66.7 Å². The Labute approximate surface area is 222 Å². The van der Waals surface area contributed by atoms with Crippen LogP contribution < -0.4 is 0 Å². The van der Waals surface area contributed by atoms with E-state index in [4.69, 9.17) is 23.2 Å². The van der Waals surface area contributed by atoms with Crippen molar-refractivity contribution in [3.8, 4) is 11.5 Å². The van der Waals surface area contributed by atoms with Crippen molar-refractivity contribution < 1.29 is 15.0 Å². The number of carbonyl (C=O) groups excluding carboxylic acids is 1. The maximum absolute atomic E-state index is 13.0. The van der Waals surface area contributed by atoms with Gasteiger partial charge in [0.25, 0.3) is 5.91 Å². The molecule has 0 saturated carbocycles. The van der Waals surface area contributed by atoms with E-state index in [9.17, 15) is 15.0 Å². The number of benzene rings is 3. The summed E-state index contributed by atoms with van der Waals surface area (Å²) < 4.78 is 0. The van der Waals surface area contributed by atoms with Gasteiger partial charge in [0.1, 0.15) is 11.5 Å². The fourth-order valence-electron chi connectivity index (χ4n) is 5.03. The Hall–Kier alpha value is -2.73. The Morgan fingerprint density at radius 1 is 1.00 bits per heavy atom. The van der Waals surface area contributed by atoms with E-state index in [0.29, 0.717) is 22.2 Å². The van der Waals surface area contributed by atoms with Crippen molar-refractivity contribution in [2.24, 2.45) is 0 Å². The van der Waals surface area contributed by atoms with E-state index >= 15 is 0 Å². The standard InChI is InChI=1S/C29H32Cl2N2O3/c1-32(29(36)21-5-3-2-4-6-21)19-23(22-7-10-26(30)27(31)17-22)13-16-33-14-11-20(12-15-33)25-9-8-24(34)18-28(25)35/h2-10,17-18,20,23,34-35H,11-16,19H2,1H3. The van der Waals surface area contributed by atoms with Gasteiger partial charge < -0.3 is 20.0 Å². The zero-order chi connectivity index (χ0) is 25.7. The first kappa shape index (κ1) is 26.3. The van der Waals surface area contributed by atoms with E-state index < -0.39 is 0 Å². The van der Waals surface area contributed by atoms with Crippen LogP contribution in [0.25, 0.3) is 0 Å². The highest BCUT2D eigenvalue weighted by molar-refractivity contribution is 6.42. The highest BCUT2D eigenvalue weighted by Gasteiger charge is 2.25. The van der Waals surface area contributed by atoms with Gasteiger partial charge in [-0.25, -0.2) is 0 Å². The van der Waals surface area contributed by atoms with Gasteiger partial charge in [-0.1, -0.05) is 53.5 Å². The Morgan fingerprint density at radius 3 is 2.39 bits per heavy atom. The number of halogens is 2. The number of phenolic OH excluding ortho intramolecular Hbond substituents is 2. The lowest BCUT2D eigenvalue weighted by Gasteiger charge is -2.34. The predicted molar refractivity (Wildman–Crippen MR) is 145 cm³/mol. The average molecular weight is 527 g/mol. The molecule has 36 heavy (non-hydrogen) atoms. The van der Waals surface area contributed by atoms with Crippen molar-refractivity contribution in [1.82, 2.24) is 9.80 Å². The number of nitrogens with zero attached hydrogens (tertiary/aromatic N) is 2. The molecule has 1 atom stereocenters. The van der Waals surface area contributed by atoms with Crippen LogP contribution in [0.4, 0.5) is 0 Å². The molecule has 1 aliphatic rings. The van der Waals surface area contributed by atoms with Crippen molar-refractivity contribution in [3.63, 3.8) is 0 Å². The Balaban J connectivity index is 1.40. The third-order valence-electron chi connectivity index (χ3n) is 7.11. The maximum Gasteiger partial charge on any atom is 0.253 e. The Kier molecular flexibility index (Phi) is 8.78. The van der Waals surface area contributed by atoms with Crippen molar-refractivity contribution in [1.29, 1.82) is 0 Å². The van der Waals surface area contributed by atoms with Gasteiger partial charge in [0.05, 0.1) is 10.0 Å². The van der Waals surface area contributed by atoms with Gasteiger partial charge in [-0.3, -0.25) is 4.79 Å². The zero-order valence-electron chi connectivity index (χ0n) is 20.4. The molecule has 0 aliphatic carbocycles. The lowest BCUT2D eigenvalue weighted by molar-refractivity contribution is 0.0781. The molecule has 1 fully saturated rings. The first-order valence-corrected chi connectivity index (χ1v) is 13.1. The van der Waals surface area contributed by atoms with Crippen molar-refractivity contribution in [3.05, 3.63) is 93.5 Å². The third-order valence-corrected chi connectivity index (χ3v) is 7.85. The number of hydrogen-bond donors (Lipinski definition) is 2. The smallest absolute Gasteiger partial charge is 0.253 e. The van der Waals surface area contributed by atoms with Crippen LogP contribution in [0.1, 0.15) is 52.6 Å². The van der Waals surface area contributed by atoms with Gasteiger partial charge in [0.2, 0.25) is 0 Å². The van der Waals surface area contributed by atoms with E-state index in [2.05, 4.69) is 4.90 Å². The number of aromatic hydroxyl groups is 2. The summed E-state index contributed by atoms with van der Waals surface area (Å²) in [6.07, 6.45) is 2.77. The molecule has 1 unspecified atom stereocenters. The molecule has 190 valence electrons. The summed E-state index contributed by atoms with van der Waals surface area (Å²) in [6, 6.07) is 19.9. The fraction of sp³-hybridized carbons (Fsp3) is 0.345.